The molecule has 0 spiro atoms. The summed E-state index contributed by atoms with van der Waals surface area (Å²) in [5, 5.41) is 9.39. The van der Waals surface area contributed by atoms with Crippen LogP contribution in [0.1, 0.15) is 12.0 Å². The van der Waals surface area contributed by atoms with Gasteiger partial charge in [0.05, 0.1) is 29.9 Å². The Morgan fingerprint density at radius 2 is 1.80 bits per heavy atom. The lowest BCUT2D eigenvalue weighted by molar-refractivity contribution is 0.247. The van der Waals surface area contributed by atoms with Crippen LogP contribution in [0.3, 0.4) is 0 Å². The van der Waals surface area contributed by atoms with E-state index in [0.717, 1.165) is 6.42 Å². The summed E-state index contributed by atoms with van der Waals surface area (Å²) >= 11 is 5.98. The molecule has 2 rings (SSSR count). The van der Waals surface area contributed by atoms with Crippen molar-refractivity contribution in [2.75, 3.05) is 13.2 Å². The van der Waals surface area contributed by atoms with Crippen LogP contribution in [0, 0.1) is 11.3 Å². The zero-order valence-corrected chi connectivity index (χ0v) is 11.6. The van der Waals surface area contributed by atoms with E-state index in [9.17, 15) is 0 Å². The fourth-order valence-electron chi connectivity index (χ4n) is 1.65. The zero-order chi connectivity index (χ0) is 14.2. The van der Waals surface area contributed by atoms with Crippen molar-refractivity contribution in [3.63, 3.8) is 0 Å². The minimum atomic E-state index is 0.527. The summed E-state index contributed by atoms with van der Waals surface area (Å²) in [6.45, 7) is 1.06. The van der Waals surface area contributed by atoms with Crippen LogP contribution in [0.4, 0.5) is 0 Å². The molecule has 0 unspecified atom stereocenters. The van der Waals surface area contributed by atoms with E-state index < -0.39 is 0 Å². The highest BCUT2D eigenvalue weighted by molar-refractivity contribution is 6.32. The molecule has 4 heteroatoms. The van der Waals surface area contributed by atoms with Crippen LogP contribution in [0.15, 0.2) is 48.5 Å². The van der Waals surface area contributed by atoms with Gasteiger partial charge < -0.3 is 9.47 Å². The fraction of sp³-hybridized carbons (Fsp3) is 0.188. The van der Waals surface area contributed by atoms with Crippen molar-refractivity contribution >= 4 is 11.6 Å². The first kappa shape index (κ1) is 14.2. The Morgan fingerprint density at radius 3 is 2.60 bits per heavy atom. The molecule has 0 amide bonds. The Morgan fingerprint density at radius 1 is 1.00 bits per heavy atom. The van der Waals surface area contributed by atoms with E-state index >= 15 is 0 Å². The highest BCUT2D eigenvalue weighted by atomic mass is 35.5. The molecule has 2 aromatic carbocycles. The summed E-state index contributed by atoms with van der Waals surface area (Å²) in [6.07, 6.45) is 0.738. The lowest BCUT2D eigenvalue weighted by Crippen LogP contribution is -2.05. The summed E-state index contributed by atoms with van der Waals surface area (Å²) in [7, 11) is 0. The highest BCUT2D eigenvalue weighted by Crippen LogP contribution is 2.23. The molecule has 0 fully saturated rings. The average molecular weight is 288 g/mol. The molecule has 0 N–H and O–H groups in total. The molecule has 102 valence electrons. The number of benzene rings is 2. The standard InChI is InChI=1S/C16H14ClNO2/c17-15-7-1-2-8-16(15)20-10-4-9-19-14-6-3-5-13(11-14)12-18/h1-3,5-8,11H,4,9-10H2. The van der Waals surface area contributed by atoms with Crippen LogP contribution in [-0.2, 0) is 0 Å². The van der Waals surface area contributed by atoms with Crippen molar-refractivity contribution < 1.29 is 9.47 Å². The Labute approximate surface area is 123 Å². The van der Waals surface area contributed by atoms with Gasteiger partial charge in [0.2, 0.25) is 0 Å². The second-order valence-corrected chi connectivity index (χ2v) is 4.53. The van der Waals surface area contributed by atoms with E-state index in [0.29, 0.717) is 35.3 Å². The van der Waals surface area contributed by atoms with Gasteiger partial charge in [0.15, 0.2) is 0 Å². The first-order valence-electron chi connectivity index (χ1n) is 6.30. The number of para-hydroxylation sites is 1. The summed E-state index contributed by atoms with van der Waals surface area (Å²) in [6, 6.07) is 16.5. The molecule has 0 aliphatic rings. The number of rotatable bonds is 6. The van der Waals surface area contributed by atoms with Crippen molar-refractivity contribution in [1.82, 2.24) is 0 Å². The van der Waals surface area contributed by atoms with Crippen molar-refractivity contribution in [1.29, 1.82) is 5.26 Å². The van der Waals surface area contributed by atoms with Gasteiger partial charge in [-0.2, -0.15) is 5.26 Å². The van der Waals surface area contributed by atoms with E-state index in [4.69, 9.17) is 26.3 Å². The van der Waals surface area contributed by atoms with Crippen LogP contribution in [-0.4, -0.2) is 13.2 Å². The number of nitriles is 1. The molecule has 0 saturated carbocycles. The van der Waals surface area contributed by atoms with Gasteiger partial charge in [-0.1, -0.05) is 29.8 Å². The average Bonchev–Trinajstić information content (AvgIpc) is 2.49. The van der Waals surface area contributed by atoms with Gasteiger partial charge >= 0.3 is 0 Å². The molecule has 2 aromatic rings. The van der Waals surface area contributed by atoms with Crippen molar-refractivity contribution in [3.8, 4) is 17.6 Å². The zero-order valence-electron chi connectivity index (χ0n) is 10.9. The molecule has 0 saturated heterocycles. The van der Waals surface area contributed by atoms with Gasteiger partial charge in [0, 0.05) is 6.42 Å². The highest BCUT2D eigenvalue weighted by Gasteiger charge is 2.00. The molecule has 3 nitrogen and oxygen atoms in total. The monoisotopic (exact) mass is 287 g/mol. The van der Waals surface area contributed by atoms with Gasteiger partial charge in [-0.25, -0.2) is 0 Å². The predicted molar refractivity (Wildman–Crippen MR) is 78.2 cm³/mol. The van der Waals surface area contributed by atoms with Crippen molar-refractivity contribution in [2.45, 2.75) is 6.42 Å². The van der Waals surface area contributed by atoms with Gasteiger partial charge in [0.1, 0.15) is 11.5 Å². The molecule has 0 atom stereocenters. The lowest BCUT2D eigenvalue weighted by Gasteiger charge is -2.09. The van der Waals surface area contributed by atoms with Gasteiger partial charge in [-0.05, 0) is 30.3 Å². The minimum Gasteiger partial charge on any atom is -0.493 e. The van der Waals surface area contributed by atoms with Gasteiger partial charge in [-0.15, -0.1) is 0 Å². The van der Waals surface area contributed by atoms with E-state index in [1.165, 1.54) is 0 Å². The van der Waals surface area contributed by atoms with Crippen LogP contribution >= 0.6 is 11.6 Å². The molecule has 0 radical (unpaired) electrons. The fourth-order valence-corrected chi connectivity index (χ4v) is 1.84. The van der Waals surface area contributed by atoms with E-state index in [-0.39, 0.29) is 0 Å². The third-order valence-electron chi connectivity index (χ3n) is 2.61. The lowest BCUT2D eigenvalue weighted by atomic mass is 10.2. The summed E-state index contributed by atoms with van der Waals surface area (Å²) in [4.78, 5) is 0. The Kier molecular flexibility index (Phi) is 5.28. The maximum Gasteiger partial charge on any atom is 0.137 e. The van der Waals surface area contributed by atoms with Crippen LogP contribution in [0.5, 0.6) is 11.5 Å². The summed E-state index contributed by atoms with van der Waals surface area (Å²) < 4.78 is 11.1. The number of nitrogens with zero attached hydrogens (tertiary/aromatic N) is 1. The molecular formula is C16H14ClNO2. The largest absolute Gasteiger partial charge is 0.493 e. The topological polar surface area (TPSA) is 42.2 Å². The first-order chi connectivity index (χ1) is 9.79. The smallest absolute Gasteiger partial charge is 0.137 e. The SMILES string of the molecule is N#Cc1cccc(OCCCOc2ccccc2Cl)c1. The van der Waals surface area contributed by atoms with E-state index in [1.54, 1.807) is 24.3 Å². The van der Waals surface area contributed by atoms with E-state index in [2.05, 4.69) is 6.07 Å². The molecule has 20 heavy (non-hydrogen) atoms. The minimum absolute atomic E-state index is 0.527. The summed E-state index contributed by atoms with van der Waals surface area (Å²) in [5.41, 5.74) is 0.592. The Bertz CT molecular complexity index is 607. The Balaban J connectivity index is 1.72. The molecular weight excluding hydrogens is 274 g/mol. The molecule has 0 aromatic heterocycles. The third kappa shape index (κ3) is 4.18. The Hall–Kier alpha value is -2.18. The maximum absolute atomic E-state index is 8.79. The number of ether oxygens (including phenoxy) is 2. The maximum atomic E-state index is 8.79. The number of hydrogen-bond acceptors (Lipinski definition) is 3. The molecule has 0 aliphatic heterocycles. The van der Waals surface area contributed by atoms with Gasteiger partial charge in [0.25, 0.3) is 0 Å². The molecule has 0 heterocycles. The first-order valence-corrected chi connectivity index (χ1v) is 6.67. The molecule has 0 bridgehead atoms. The van der Waals surface area contributed by atoms with E-state index in [1.807, 2.05) is 24.3 Å². The predicted octanol–water partition coefficient (Wildman–Crippen LogP) is 4.06. The third-order valence-corrected chi connectivity index (χ3v) is 2.93. The quantitative estimate of drug-likeness (QED) is 0.753. The van der Waals surface area contributed by atoms with Crippen LogP contribution in [0.2, 0.25) is 5.02 Å². The number of halogens is 1. The number of hydrogen-bond donors (Lipinski definition) is 0. The van der Waals surface area contributed by atoms with Crippen molar-refractivity contribution in [2.24, 2.45) is 0 Å². The second-order valence-electron chi connectivity index (χ2n) is 4.12. The van der Waals surface area contributed by atoms with Gasteiger partial charge in [-0.3, -0.25) is 0 Å². The molecule has 0 aliphatic carbocycles. The van der Waals surface area contributed by atoms with Crippen LogP contribution < -0.4 is 9.47 Å². The van der Waals surface area contributed by atoms with Crippen LogP contribution in [0.25, 0.3) is 0 Å². The van der Waals surface area contributed by atoms with Crippen molar-refractivity contribution in [3.05, 3.63) is 59.1 Å². The summed E-state index contributed by atoms with van der Waals surface area (Å²) in [5.74, 6) is 1.38. The second kappa shape index (κ2) is 7.42. The normalized spacial score (nSPS) is 9.80.